The molecule has 1 aromatic carbocycles. The van der Waals surface area contributed by atoms with Crippen molar-refractivity contribution in [2.75, 3.05) is 0 Å². The average Bonchev–Trinajstić information content (AvgIpc) is 2.77. The molecule has 16 heavy (non-hydrogen) atoms. The molecule has 0 radical (unpaired) electrons. The predicted molar refractivity (Wildman–Crippen MR) is 58.2 cm³/mol. The summed E-state index contributed by atoms with van der Waals surface area (Å²) < 4.78 is 0. The Hall–Kier alpha value is -2.17. The molecule has 0 aliphatic heterocycles. The number of rotatable bonds is 3. The topological polar surface area (TPSA) is 78.9 Å². The minimum Gasteiger partial charge on any atom is -0.478 e. The van der Waals surface area contributed by atoms with E-state index >= 15 is 0 Å². The van der Waals surface area contributed by atoms with Crippen LogP contribution in [-0.4, -0.2) is 26.3 Å². The van der Waals surface area contributed by atoms with Gasteiger partial charge in [0, 0.05) is 12.0 Å². The van der Waals surface area contributed by atoms with Gasteiger partial charge in [-0.15, -0.1) is 0 Å². The van der Waals surface area contributed by atoms with Crippen LogP contribution < -0.4 is 0 Å². The number of carbonyl (C=O) groups is 1. The van der Waals surface area contributed by atoms with Crippen LogP contribution in [0.4, 0.5) is 0 Å². The number of benzene rings is 1. The molecular weight excluding hydrogens is 206 g/mol. The van der Waals surface area contributed by atoms with Crippen LogP contribution in [0.2, 0.25) is 0 Å². The third-order valence-corrected chi connectivity index (χ3v) is 2.23. The number of hydrogen-bond donors (Lipinski definition) is 2. The summed E-state index contributed by atoms with van der Waals surface area (Å²) in [6.45, 7) is 1.97. The van der Waals surface area contributed by atoms with Gasteiger partial charge in [0.25, 0.3) is 0 Å². The summed E-state index contributed by atoms with van der Waals surface area (Å²) in [7, 11) is 0. The zero-order chi connectivity index (χ0) is 11.5. The highest BCUT2D eigenvalue weighted by atomic mass is 16.4. The van der Waals surface area contributed by atoms with Crippen LogP contribution >= 0.6 is 0 Å². The van der Waals surface area contributed by atoms with Gasteiger partial charge in [0.2, 0.25) is 0 Å². The molecule has 5 nitrogen and oxygen atoms in total. The molecule has 2 aromatic rings. The van der Waals surface area contributed by atoms with Gasteiger partial charge >= 0.3 is 5.97 Å². The van der Waals surface area contributed by atoms with Gasteiger partial charge < -0.3 is 5.11 Å². The average molecular weight is 217 g/mol. The van der Waals surface area contributed by atoms with Crippen molar-refractivity contribution in [2.24, 2.45) is 0 Å². The second-order valence-electron chi connectivity index (χ2n) is 3.35. The Labute approximate surface area is 92.2 Å². The quantitative estimate of drug-likeness (QED) is 0.820. The van der Waals surface area contributed by atoms with E-state index in [9.17, 15) is 4.79 Å². The second-order valence-corrected chi connectivity index (χ2v) is 3.35. The molecule has 1 aromatic heterocycles. The molecular formula is C11H11N3O2. The van der Waals surface area contributed by atoms with E-state index in [1.165, 1.54) is 0 Å². The number of aromatic carboxylic acids is 1. The predicted octanol–water partition coefficient (Wildman–Crippen LogP) is 1.73. The van der Waals surface area contributed by atoms with E-state index in [0.29, 0.717) is 11.4 Å². The lowest BCUT2D eigenvalue weighted by Crippen LogP contribution is -1.96. The number of carboxylic acid groups (broad SMARTS) is 1. The van der Waals surface area contributed by atoms with Crippen molar-refractivity contribution in [3.63, 3.8) is 0 Å². The molecule has 82 valence electrons. The molecule has 1 heterocycles. The van der Waals surface area contributed by atoms with Gasteiger partial charge in [0.05, 0.1) is 5.56 Å². The largest absolute Gasteiger partial charge is 0.478 e. The first-order chi connectivity index (χ1) is 7.70. The summed E-state index contributed by atoms with van der Waals surface area (Å²) in [6, 6.07) is 6.57. The first kappa shape index (κ1) is 10.4. The molecule has 0 unspecified atom stereocenters. The van der Waals surface area contributed by atoms with Crippen molar-refractivity contribution in [2.45, 2.75) is 13.3 Å². The summed E-state index contributed by atoms with van der Waals surface area (Å²) >= 11 is 0. The molecule has 0 spiro atoms. The van der Waals surface area contributed by atoms with Gasteiger partial charge in [0.1, 0.15) is 5.82 Å². The van der Waals surface area contributed by atoms with E-state index in [1.54, 1.807) is 24.3 Å². The molecule has 0 amide bonds. The fraction of sp³-hybridized carbons (Fsp3) is 0.182. The van der Waals surface area contributed by atoms with Crippen molar-refractivity contribution in [1.82, 2.24) is 15.2 Å². The van der Waals surface area contributed by atoms with Crippen LogP contribution in [0.25, 0.3) is 11.4 Å². The number of nitrogens with one attached hydrogen (secondary N) is 1. The van der Waals surface area contributed by atoms with Gasteiger partial charge in [-0.1, -0.05) is 19.1 Å². The summed E-state index contributed by atoms with van der Waals surface area (Å²) in [4.78, 5) is 15.0. The molecule has 0 bridgehead atoms. The number of aryl methyl sites for hydroxylation is 1. The van der Waals surface area contributed by atoms with Crippen LogP contribution in [0.1, 0.15) is 23.1 Å². The maximum atomic E-state index is 10.8. The molecule has 0 aliphatic carbocycles. The van der Waals surface area contributed by atoms with Crippen LogP contribution in [-0.2, 0) is 6.42 Å². The Balaban J connectivity index is 2.40. The highest BCUT2D eigenvalue weighted by Gasteiger charge is 2.08. The standard InChI is InChI=1S/C11H11N3O2/c1-2-9-12-10(14-13-9)7-4-3-5-8(6-7)11(15)16/h3-6H,2H2,1H3,(H,15,16)(H,12,13,14). The van der Waals surface area contributed by atoms with E-state index in [1.807, 2.05) is 6.92 Å². The zero-order valence-electron chi connectivity index (χ0n) is 8.77. The van der Waals surface area contributed by atoms with Gasteiger partial charge in [-0.25, -0.2) is 9.78 Å². The Bertz CT molecular complexity index is 519. The normalized spacial score (nSPS) is 10.3. The number of nitrogens with zero attached hydrogens (tertiary/aromatic N) is 2. The number of hydrogen-bond acceptors (Lipinski definition) is 3. The van der Waals surface area contributed by atoms with E-state index in [-0.39, 0.29) is 5.56 Å². The van der Waals surface area contributed by atoms with Crippen molar-refractivity contribution in [3.05, 3.63) is 35.7 Å². The van der Waals surface area contributed by atoms with Crippen LogP contribution in [0.5, 0.6) is 0 Å². The smallest absolute Gasteiger partial charge is 0.335 e. The minimum atomic E-state index is -0.951. The molecule has 0 fully saturated rings. The Morgan fingerprint density at radius 1 is 1.50 bits per heavy atom. The molecule has 5 heteroatoms. The molecule has 2 rings (SSSR count). The lowest BCUT2D eigenvalue weighted by molar-refractivity contribution is 0.0697. The second kappa shape index (κ2) is 4.14. The number of carboxylic acids is 1. The van der Waals surface area contributed by atoms with Crippen LogP contribution in [0, 0.1) is 0 Å². The monoisotopic (exact) mass is 217 g/mol. The zero-order valence-corrected chi connectivity index (χ0v) is 8.77. The summed E-state index contributed by atoms with van der Waals surface area (Å²) in [5.74, 6) is 0.365. The SMILES string of the molecule is CCc1nc(-c2cccc(C(=O)O)c2)n[nH]1. The lowest BCUT2D eigenvalue weighted by Gasteiger charge is -1.97. The molecule has 0 saturated carbocycles. The van der Waals surface area contributed by atoms with Crippen molar-refractivity contribution >= 4 is 5.97 Å². The van der Waals surface area contributed by atoms with Gasteiger partial charge in [-0.05, 0) is 12.1 Å². The fourth-order valence-corrected chi connectivity index (χ4v) is 1.37. The Kier molecular flexibility index (Phi) is 2.68. The maximum absolute atomic E-state index is 10.8. The number of H-pyrrole nitrogens is 1. The molecule has 2 N–H and O–H groups in total. The first-order valence-electron chi connectivity index (χ1n) is 4.95. The molecule has 0 aliphatic rings. The van der Waals surface area contributed by atoms with Crippen LogP contribution in [0.15, 0.2) is 24.3 Å². The summed E-state index contributed by atoms with van der Waals surface area (Å²) in [5, 5.41) is 15.7. The van der Waals surface area contributed by atoms with Crippen molar-refractivity contribution < 1.29 is 9.90 Å². The summed E-state index contributed by atoms with van der Waals surface area (Å²) in [6.07, 6.45) is 0.769. The number of aromatic nitrogens is 3. The Morgan fingerprint density at radius 3 is 2.94 bits per heavy atom. The summed E-state index contributed by atoms with van der Waals surface area (Å²) in [5.41, 5.74) is 0.941. The molecule has 0 saturated heterocycles. The van der Waals surface area contributed by atoms with Gasteiger partial charge in [-0.3, -0.25) is 5.10 Å². The van der Waals surface area contributed by atoms with Crippen molar-refractivity contribution in [1.29, 1.82) is 0 Å². The lowest BCUT2D eigenvalue weighted by atomic mass is 10.1. The maximum Gasteiger partial charge on any atom is 0.335 e. The van der Waals surface area contributed by atoms with E-state index in [0.717, 1.165) is 12.2 Å². The van der Waals surface area contributed by atoms with Gasteiger partial charge in [-0.2, -0.15) is 5.10 Å². The van der Waals surface area contributed by atoms with E-state index in [2.05, 4.69) is 15.2 Å². The van der Waals surface area contributed by atoms with Gasteiger partial charge in [0.15, 0.2) is 5.82 Å². The van der Waals surface area contributed by atoms with E-state index in [4.69, 9.17) is 5.11 Å². The third kappa shape index (κ3) is 1.93. The minimum absolute atomic E-state index is 0.236. The fourth-order valence-electron chi connectivity index (χ4n) is 1.37. The third-order valence-electron chi connectivity index (χ3n) is 2.23. The highest BCUT2D eigenvalue weighted by molar-refractivity contribution is 5.89. The Morgan fingerprint density at radius 2 is 2.31 bits per heavy atom. The molecule has 0 atom stereocenters. The first-order valence-corrected chi connectivity index (χ1v) is 4.95. The highest BCUT2D eigenvalue weighted by Crippen LogP contribution is 2.16. The van der Waals surface area contributed by atoms with E-state index < -0.39 is 5.97 Å². The van der Waals surface area contributed by atoms with Crippen molar-refractivity contribution in [3.8, 4) is 11.4 Å². The van der Waals surface area contributed by atoms with Crippen LogP contribution in [0.3, 0.4) is 0 Å². The number of aromatic amines is 1.